The standard InChI is InChI=1S/C25H25Cl2NO/c1-25(2,13-11-17-15-18(26)7-10-23(17)27)22-16-28-14-12-20(22)21-5-3-4-6-24(21)29-19-8-9-19/h3-7,10,12,14-16,19H,8-9,11,13H2,1-2H3. The molecule has 3 aromatic rings. The van der Waals surface area contributed by atoms with Gasteiger partial charge in [-0.3, -0.25) is 4.98 Å². The highest BCUT2D eigenvalue weighted by molar-refractivity contribution is 6.33. The minimum absolute atomic E-state index is 0.0953. The van der Waals surface area contributed by atoms with Crippen molar-refractivity contribution >= 4 is 23.2 Å². The van der Waals surface area contributed by atoms with Crippen LogP contribution in [-0.4, -0.2) is 11.1 Å². The van der Waals surface area contributed by atoms with Crippen LogP contribution in [0.25, 0.3) is 11.1 Å². The Morgan fingerprint density at radius 2 is 1.83 bits per heavy atom. The minimum Gasteiger partial charge on any atom is -0.490 e. The van der Waals surface area contributed by atoms with Crippen LogP contribution in [0.1, 0.15) is 44.2 Å². The molecule has 1 fully saturated rings. The average Bonchev–Trinajstić information content (AvgIpc) is 3.53. The SMILES string of the molecule is CC(C)(CCc1cc(Cl)ccc1Cl)c1cnccc1-c1ccccc1OC1CC1. The van der Waals surface area contributed by atoms with Crippen molar-refractivity contribution in [3.8, 4) is 16.9 Å². The maximum atomic E-state index is 6.39. The summed E-state index contributed by atoms with van der Waals surface area (Å²) in [4.78, 5) is 4.44. The quantitative estimate of drug-likeness (QED) is 0.390. The summed E-state index contributed by atoms with van der Waals surface area (Å²) in [6.07, 6.45) is 8.27. The predicted octanol–water partition coefficient (Wildman–Crippen LogP) is 7.51. The topological polar surface area (TPSA) is 22.1 Å². The van der Waals surface area contributed by atoms with Crippen LogP contribution in [0.4, 0.5) is 0 Å². The molecule has 0 N–H and O–H groups in total. The largest absolute Gasteiger partial charge is 0.490 e. The lowest BCUT2D eigenvalue weighted by atomic mass is 9.77. The number of hydrogen-bond acceptors (Lipinski definition) is 2. The molecule has 1 saturated carbocycles. The lowest BCUT2D eigenvalue weighted by molar-refractivity contribution is 0.304. The van der Waals surface area contributed by atoms with Crippen molar-refractivity contribution in [1.29, 1.82) is 0 Å². The molecule has 1 aliphatic rings. The van der Waals surface area contributed by atoms with Crippen LogP contribution in [0.15, 0.2) is 60.9 Å². The molecule has 0 atom stereocenters. The van der Waals surface area contributed by atoms with Gasteiger partial charge in [0.15, 0.2) is 0 Å². The highest BCUT2D eigenvalue weighted by atomic mass is 35.5. The Hall–Kier alpha value is -2.03. The molecule has 0 bridgehead atoms. The molecule has 2 aromatic carbocycles. The number of aromatic nitrogens is 1. The Morgan fingerprint density at radius 1 is 1.03 bits per heavy atom. The first-order chi connectivity index (χ1) is 13.9. The summed E-state index contributed by atoms with van der Waals surface area (Å²) in [6.45, 7) is 4.52. The summed E-state index contributed by atoms with van der Waals surface area (Å²) >= 11 is 12.6. The summed E-state index contributed by atoms with van der Waals surface area (Å²) in [5, 5.41) is 1.48. The van der Waals surface area contributed by atoms with Crippen molar-refractivity contribution in [2.45, 2.75) is 51.0 Å². The van der Waals surface area contributed by atoms with E-state index in [1.165, 1.54) is 11.1 Å². The van der Waals surface area contributed by atoms with Gasteiger partial charge in [0, 0.05) is 28.0 Å². The van der Waals surface area contributed by atoms with Gasteiger partial charge in [0.25, 0.3) is 0 Å². The molecule has 1 heterocycles. The molecule has 0 saturated heterocycles. The van der Waals surface area contributed by atoms with Gasteiger partial charge in [-0.15, -0.1) is 0 Å². The maximum absolute atomic E-state index is 6.39. The molecular weight excluding hydrogens is 401 g/mol. The van der Waals surface area contributed by atoms with Gasteiger partial charge in [-0.2, -0.15) is 0 Å². The Kier molecular flexibility index (Phi) is 5.85. The third-order valence-corrected chi connectivity index (χ3v) is 6.18. The Balaban J connectivity index is 1.64. The van der Waals surface area contributed by atoms with Gasteiger partial charge >= 0.3 is 0 Å². The highest BCUT2D eigenvalue weighted by Gasteiger charge is 2.28. The van der Waals surface area contributed by atoms with Gasteiger partial charge in [0.1, 0.15) is 5.75 Å². The molecule has 0 spiro atoms. The monoisotopic (exact) mass is 425 g/mol. The molecule has 4 heteroatoms. The first kappa shape index (κ1) is 20.3. The van der Waals surface area contributed by atoms with Crippen molar-refractivity contribution in [3.05, 3.63) is 82.1 Å². The minimum atomic E-state index is -0.0953. The van der Waals surface area contributed by atoms with Crippen LogP contribution in [0.5, 0.6) is 5.75 Å². The number of ether oxygens (including phenoxy) is 1. The number of halogens is 2. The zero-order valence-electron chi connectivity index (χ0n) is 16.8. The van der Waals surface area contributed by atoms with Crippen molar-refractivity contribution in [3.63, 3.8) is 0 Å². The van der Waals surface area contributed by atoms with Gasteiger partial charge in [-0.25, -0.2) is 0 Å². The molecule has 150 valence electrons. The average molecular weight is 426 g/mol. The first-order valence-corrected chi connectivity index (χ1v) is 10.8. The molecule has 29 heavy (non-hydrogen) atoms. The van der Waals surface area contributed by atoms with Crippen LogP contribution in [0.2, 0.25) is 10.0 Å². The first-order valence-electron chi connectivity index (χ1n) is 10.1. The van der Waals surface area contributed by atoms with Gasteiger partial charge in [-0.05, 0) is 78.1 Å². The van der Waals surface area contributed by atoms with Gasteiger partial charge in [0.2, 0.25) is 0 Å². The van der Waals surface area contributed by atoms with E-state index in [1.807, 2.05) is 36.7 Å². The zero-order chi connectivity index (χ0) is 20.4. The fraction of sp³-hybridized carbons (Fsp3) is 0.320. The van der Waals surface area contributed by atoms with Crippen molar-refractivity contribution in [1.82, 2.24) is 4.98 Å². The molecule has 2 nitrogen and oxygen atoms in total. The zero-order valence-corrected chi connectivity index (χ0v) is 18.3. The van der Waals surface area contributed by atoms with E-state index in [-0.39, 0.29) is 5.41 Å². The van der Waals surface area contributed by atoms with E-state index in [9.17, 15) is 0 Å². The Labute approximate surface area is 182 Å². The molecule has 1 aromatic heterocycles. The Bertz CT molecular complexity index is 1010. The summed E-state index contributed by atoms with van der Waals surface area (Å²) in [5.41, 5.74) is 4.51. The fourth-order valence-corrected chi connectivity index (χ4v) is 4.05. The summed E-state index contributed by atoms with van der Waals surface area (Å²) in [7, 11) is 0. The molecular formula is C25H25Cl2NO. The number of para-hydroxylation sites is 1. The number of rotatable bonds is 7. The second-order valence-corrected chi connectivity index (χ2v) is 9.20. The second-order valence-electron chi connectivity index (χ2n) is 8.35. The lowest BCUT2D eigenvalue weighted by Gasteiger charge is -2.28. The summed E-state index contributed by atoms with van der Waals surface area (Å²) in [6, 6.07) is 16.1. The maximum Gasteiger partial charge on any atom is 0.127 e. The van der Waals surface area contributed by atoms with Crippen molar-refractivity contribution in [2.24, 2.45) is 0 Å². The number of hydrogen-bond donors (Lipinski definition) is 0. The number of benzene rings is 2. The number of nitrogens with zero attached hydrogens (tertiary/aromatic N) is 1. The van der Waals surface area contributed by atoms with E-state index < -0.39 is 0 Å². The molecule has 1 aliphatic carbocycles. The third kappa shape index (κ3) is 4.76. The predicted molar refractivity (Wildman–Crippen MR) is 121 cm³/mol. The summed E-state index contributed by atoms with van der Waals surface area (Å²) in [5.74, 6) is 0.955. The van der Waals surface area contributed by atoms with Crippen LogP contribution < -0.4 is 4.74 Å². The lowest BCUT2D eigenvalue weighted by Crippen LogP contribution is -2.20. The van der Waals surface area contributed by atoms with Gasteiger partial charge in [-0.1, -0.05) is 55.2 Å². The normalized spacial score (nSPS) is 14.1. The second kappa shape index (κ2) is 8.38. The van der Waals surface area contributed by atoms with E-state index in [0.29, 0.717) is 6.10 Å². The van der Waals surface area contributed by atoms with Crippen LogP contribution >= 0.6 is 23.2 Å². The fourth-order valence-electron chi connectivity index (χ4n) is 3.64. The third-order valence-electron chi connectivity index (χ3n) is 5.57. The van der Waals surface area contributed by atoms with E-state index in [2.05, 4.69) is 43.1 Å². The van der Waals surface area contributed by atoms with Crippen LogP contribution in [-0.2, 0) is 11.8 Å². The number of aryl methyl sites for hydroxylation is 1. The van der Waals surface area contributed by atoms with Gasteiger partial charge < -0.3 is 4.74 Å². The van der Waals surface area contributed by atoms with E-state index >= 15 is 0 Å². The molecule has 0 unspecified atom stereocenters. The molecule has 0 aliphatic heterocycles. The molecule has 0 amide bonds. The number of pyridine rings is 1. The molecule has 0 radical (unpaired) electrons. The van der Waals surface area contributed by atoms with Gasteiger partial charge in [0.05, 0.1) is 6.10 Å². The Morgan fingerprint density at radius 3 is 2.62 bits per heavy atom. The van der Waals surface area contributed by atoms with Crippen LogP contribution in [0.3, 0.4) is 0 Å². The summed E-state index contributed by atoms with van der Waals surface area (Å²) < 4.78 is 6.18. The molecule has 4 rings (SSSR count). The smallest absolute Gasteiger partial charge is 0.127 e. The van der Waals surface area contributed by atoms with Crippen LogP contribution in [0, 0.1) is 0 Å². The van der Waals surface area contributed by atoms with E-state index in [0.717, 1.165) is 52.6 Å². The van der Waals surface area contributed by atoms with Crippen molar-refractivity contribution < 1.29 is 4.74 Å². The van der Waals surface area contributed by atoms with Crippen molar-refractivity contribution in [2.75, 3.05) is 0 Å². The highest BCUT2D eigenvalue weighted by Crippen LogP contribution is 2.41. The van der Waals surface area contributed by atoms with E-state index in [1.54, 1.807) is 0 Å². The van der Waals surface area contributed by atoms with E-state index in [4.69, 9.17) is 27.9 Å².